The maximum absolute atomic E-state index is 11.3. The normalized spacial score (nSPS) is 16.7. The topological polar surface area (TPSA) is 55.6 Å². The predicted octanol–water partition coefficient (Wildman–Crippen LogP) is 1.31. The van der Waals surface area contributed by atoms with Crippen molar-refractivity contribution in [1.29, 1.82) is 0 Å². The highest BCUT2D eigenvalue weighted by Gasteiger charge is 2.13. The Balaban J connectivity index is 2.03. The molecule has 98 valence electrons. The minimum absolute atomic E-state index is 0.399. The van der Waals surface area contributed by atoms with Crippen molar-refractivity contribution in [1.82, 2.24) is 4.90 Å². The van der Waals surface area contributed by atoms with E-state index in [4.69, 9.17) is 22.1 Å². The van der Waals surface area contributed by atoms with E-state index in [1.54, 1.807) is 12.1 Å². The number of ether oxygens (including phenoxy) is 1. The lowest BCUT2D eigenvalue weighted by Gasteiger charge is -2.26. The molecule has 1 heterocycles. The largest absolute Gasteiger partial charge is 0.379 e. The smallest absolute Gasteiger partial charge is 0.248 e. The van der Waals surface area contributed by atoms with Crippen molar-refractivity contribution in [2.45, 2.75) is 6.42 Å². The first kappa shape index (κ1) is 13.3. The van der Waals surface area contributed by atoms with Crippen LogP contribution in [0.4, 0.5) is 0 Å². The number of morpholine rings is 1. The number of carbonyl (C=O) groups is 1. The summed E-state index contributed by atoms with van der Waals surface area (Å²) in [6, 6.07) is 5.21. The molecule has 0 spiro atoms. The standard InChI is InChI=1S/C13H17ClN2O2/c14-11-1-2-12(13(15)17)10(9-11)3-4-16-5-7-18-8-6-16/h1-2,9H,3-8H2,(H2,15,17). The third kappa shape index (κ3) is 3.45. The van der Waals surface area contributed by atoms with Crippen LogP contribution in [0.15, 0.2) is 18.2 Å². The average molecular weight is 269 g/mol. The summed E-state index contributed by atoms with van der Waals surface area (Å²) in [5.41, 5.74) is 6.84. The molecule has 1 amide bonds. The zero-order valence-electron chi connectivity index (χ0n) is 10.2. The van der Waals surface area contributed by atoms with Crippen LogP contribution in [0.1, 0.15) is 15.9 Å². The van der Waals surface area contributed by atoms with Gasteiger partial charge >= 0.3 is 0 Å². The highest BCUT2D eigenvalue weighted by Crippen LogP contribution is 2.17. The zero-order chi connectivity index (χ0) is 13.0. The molecule has 2 N–H and O–H groups in total. The van der Waals surface area contributed by atoms with Crippen molar-refractivity contribution in [2.75, 3.05) is 32.8 Å². The van der Waals surface area contributed by atoms with Crippen molar-refractivity contribution >= 4 is 17.5 Å². The third-order valence-corrected chi connectivity index (χ3v) is 3.37. The van der Waals surface area contributed by atoms with E-state index in [-0.39, 0.29) is 0 Å². The lowest BCUT2D eigenvalue weighted by molar-refractivity contribution is 0.0384. The monoisotopic (exact) mass is 268 g/mol. The second-order valence-corrected chi connectivity index (χ2v) is 4.81. The predicted molar refractivity (Wildman–Crippen MR) is 70.9 cm³/mol. The Labute approximate surface area is 112 Å². The molecule has 18 heavy (non-hydrogen) atoms. The molecule has 0 atom stereocenters. The number of rotatable bonds is 4. The van der Waals surface area contributed by atoms with Gasteiger partial charge in [0.2, 0.25) is 5.91 Å². The first-order valence-electron chi connectivity index (χ1n) is 6.05. The van der Waals surface area contributed by atoms with Crippen LogP contribution in [-0.2, 0) is 11.2 Å². The van der Waals surface area contributed by atoms with Gasteiger partial charge in [0.15, 0.2) is 0 Å². The molecule has 2 rings (SSSR count). The summed E-state index contributed by atoms with van der Waals surface area (Å²) in [7, 11) is 0. The van der Waals surface area contributed by atoms with Gasteiger partial charge in [0.25, 0.3) is 0 Å². The van der Waals surface area contributed by atoms with Crippen LogP contribution < -0.4 is 5.73 Å². The number of hydrogen-bond acceptors (Lipinski definition) is 3. The van der Waals surface area contributed by atoms with Gasteiger partial charge in [-0.05, 0) is 30.2 Å². The molecule has 0 saturated carbocycles. The van der Waals surface area contributed by atoms with Gasteiger partial charge in [-0.15, -0.1) is 0 Å². The number of halogens is 1. The van der Waals surface area contributed by atoms with Gasteiger partial charge in [0.05, 0.1) is 13.2 Å². The summed E-state index contributed by atoms with van der Waals surface area (Å²) in [5, 5.41) is 0.636. The van der Waals surface area contributed by atoms with Crippen molar-refractivity contribution in [2.24, 2.45) is 5.73 Å². The number of primary amides is 1. The van der Waals surface area contributed by atoms with Crippen molar-refractivity contribution < 1.29 is 9.53 Å². The third-order valence-electron chi connectivity index (χ3n) is 3.13. The molecule has 1 fully saturated rings. The van der Waals surface area contributed by atoms with Crippen LogP contribution in [0.5, 0.6) is 0 Å². The van der Waals surface area contributed by atoms with Crippen LogP contribution in [0.25, 0.3) is 0 Å². The maximum Gasteiger partial charge on any atom is 0.248 e. The fourth-order valence-electron chi connectivity index (χ4n) is 2.11. The van der Waals surface area contributed by atoms with E-state index < -0.39 is 5.91 Å². The van der Waals surface area contributed by atoms with Crippen molar-refractivity contribution in [3.63, 3.8) is 0 Å². The summed E-state index contributed by atoms with van der Waals surface area (Å²) in [6.45, 7) is 4.32. The number of nitrogens with zero attached hydrogens (tertiary/aromatic N) is 1. The second-order valence-electron chi connectivity index (χ2n) is 4.37. The lowest BCUT2D eigenvalue weighted by atomic mass is 10.0. The first-order valence-corrected chi connectivity index (χ1v) is 6.43. The van der Waals surface area contributed by atoms with Crippen LogP contribution >= 0.6 is 11.6 Å². The second kappa shape index (κ2) is 6.18. The Morgan fingerprint density at radius 1 is 1.39 bits per heavy atom. The van der Waals surface area contributed by atoms with E-state index in [0.29, 0.717) is 10.6 Å². The van der Waals surface area contributed by atoms with Crippen LogP contribution in [0, 0.1) is 0 Å². The molecule has 1 aromatic rings. The van der Waals surface area contributed by atoms with Gasteiger partial charge in [-0.25, -0.2) is 0 Å². The molecule has 0 aromatic heterocycles. The molecule has 1 saturated heterocycles. The highest BCUT2D eigenvalue weighted by atomic mass is 35.5. The molecule has 0 unspecified atom stereocenters. The molecule has 5 heteroatoms. The summed E-state index contributed by atoms with van der Waals surface area (Å²) in [4.78, 5) is 13.6. The lowest BCUT2D eigenvalue weighted by Crippen LogP contribution is -2.37. The molecule has 0 aliphatic carbocycles. The number of carbonyl (C=O) groups excluding carboxylic acids is 1. The van der Waals surface area contributed by atoms with Crippen LogP contribution in [0.3, 0.4) is 0 Å². The average Bonchev–Trinajstić information content (AvgIpc) is 2.37. The van der Waals surface area contributed by atoms with Crippen molar-refractivity contribution in [3.8, 4) is 0 Å². The minimum Gasteiger partial charge on any atom is -0.379 e. The Bertz CT molecular complexity index is 431. The molecule has 0 bridgehead atoms. The molecule has 1 aliphatic rings. The van der Waals surface area contributed by atoms with Gasteiger partial charge in [0.1, 0.15) is 0 Å². The fourth-order valence-corrected chi connectivity index (χ4v) is 2.31. The molecule has 0 radical (unpaired) electrons. The van der Waals surface area contributed by atoms with Gasteiger partial charge in [0, 0.05) is 30.2 Å². The number of amides is 1. The Morgan fingerprint density at radius 2 is 2.11 bits per heavy atom. The van der Waals surface area contributed by atoms with Gasteiger partial charge in [-0.3, -0.25) is 9.69 Å². The number of hydrogen-bond donors (Lipinski definition) is 1. The summed E-state index contributed by atoms with van der Waals surface area (Å²) in [5.74, 6) is -0.399. The molecular formula is C13H17ClN2O2. The molecular weight excluding hydrogens is 252 g/mol. The van der Waals surface area contributed by atoms with E-state index in [2.05, 4.69) is 4.90 Å². The quantitative estimate of drug-likeness (QED) is 0.896. The Hall–Kier alpha value is -1.10. The van der Waals surface area contributed by atoms with Crippen molar-refractivity contribution in [3.05, 3.63) is 34.3 Å². The van der Waals surface area contributed by atoms with Gasteiger partial charge in [-0.2, -0.15) is 0 Å². The van der Waals surface area contributed by atoms with E-state index in [1.807, 2.05) is 6.07 Å². The maximum atomic E-state index is 11.3. The highest BCUT2D eigenvalue weighted by molar-refractivity contribution is 6.30. The first-order chi connectivity index (χ1) is 8.66. The fraction of sp³-hybridized carbons (Fsp3) is 0.462. The number of nitrogens with two attached hydrogens (primary N) is 1. The molecule has 1 aliphatic heterocycles. The minimum atomic E-state index is -0.399. The Morgan fingerprint density at radius 3 is 2.78 bits per heavy atom. The molecule has 1 aromatic carbocycles. The summed E-state index contributed by atoms with van der Waals surface area (Å²) in [6.07, 6.45) is 0.777. The van der Waals surface area contributed by atoms with E-state index in [0.717, 1.165) is 44.8 Å². The molecule has 4 nitrogen and oxygen atoms in total. The van der Waals surface area contributed by atoms with E-state index >= 15 is 0 Å². The number of benzene rings is 1. The Kier molecular flexibility index (Phi) is 4.58. The van der Waals surface area contributed by atoms with Gasteiger partial charge < -0.3 is 10.5 Å². The summed E-state index contributed by atoms with van der Waals surface area (Å²) < 4.78 is 5.30. The van der Waals surface area contributed by atoms with Crippen LogP contribution in [0.2, 0.25) is 5.02 Å². The van der Waals surface area contributed by atoms with E-state index in [9.17, 15) is 4.79 Å². The van der Waals surface area contributed by atoms with Crippen LogP contribution in [-0.4, -0.2) is 43.7 Å². The summed E-state index contributed by atoms with van der Waals surface area (Å²) >= 11 is 5.96. The SMILES string of the molecule is NC(=O)c1ccc(Cl)cc1CCN1CCOCC1. The van der Waals surface area contributed by atoms with Gasteiger partial charge in [-0.1, -0.05) is 11.6 Å². The van der Waals surface area contributed by atoms with E-state index in [1.165, 1.54) is 0 Å². The zero-order valence-corrected chi connectivity index (χ0v) is 10.9.